The highest BCUT2D eigenvalue weighted by Gasteiger charge is 2.50. The summed E-state index contributed by atoms with van der Waals surface area (Å²) in [4.78, 5) is 31.1. The first-order valence-corrected chi connectivity index (χ1v) is 9.95. The van der Waals surface area contributed by atoms with Crippen molar-refractivity contribution in [3.8, 4) is 0 Å². The maximum absolute atomic E-state index is 13.9. The molecule has 0 saturated carbocycles. The Morgan fingerprint density at radius 1 is 1.21 bits per heavy atom. The lowest BCUT2D eigenvalue weighted by molar-refractivity contribution is 0.0754. The van der Waals surface area contributed by atoms with Crippen molar-refractivity contribution in [1.82, 2.24) is 24.5 Å². The first kappa shape index (κ1) is 19.4. The molecule has 3 atom stereocenters. The summed E-state index contributed by atoms with van der Waals surface area (Å²) < 4.78 is 15.6. The van der Waals surface area contributed by atoms with Crippen LogP contribution in [-0.2, 0) is 6.54 Å². The Morgan fingerprint density at radius 3 is 2.69 bits per heavy atom. The third-order valence-electron chi connectivity index (χ3n) is 6.01. The zero-order valence-corrected chi connectivity index (χ0v) is 17.0. The quantitative estimate of drug-likeness (QED) is 0.797. The summed E-state index contributed by atoms with van der Waals surface area (Å²) in [5, 5.41) is 4.20. The topological polar surface area (TPSA) is 61.7 Å². The highest BCUT2D eigenvalue weighted by atomic mass is 19.1. The van der Waals surface area contributed by atoms with Gasteiger partial charge in [0.05, 0.1) is 6.04 Å². The fraction of sp³-hybridized carbons (Fsp3) is 0.476. The van der Waals surface area contributed by atoms with E-state index in [1.807, 2.05) is 22.8 Å². The van der Waals surface area contributed by atoms with Gasteiger partial charge < -0.3 is 14.7 Å². The first-order chi connectivity index (χ1) is 13.9. The van der Waals surface area contributed by atoms with E-state index in [1.54, 1.807) is 42.0 Å². The Kier molecular flexibility index (Phi) is 5.02. The summed E-state index contributed by atoms with van der Waals surface area (Å²) in [6, 6.07) is 7.85. The SMILES string of the molecule is CCn1nccc1C(=O)N1C[C@@H]2CN(C(=O)N(C)C)[C@H](c3cccc(F)c3)[C@@H]2C1. The second kappa shape index (κ2) is 7.50. The van der Waals surface area contributed by atoms with Gasteiger partial charge in [0.1, 0.15) is 11.5 Å². The molecule has 0 N–H and O–H groups in total. The molecule has 0 unspecified atom stereocenters. The van der Waals surface area contributed by atoms with Gasteiger partial charge >= 0.3 is 6.03 Å². The number of likely N-dealkylation sites (tertiary alicyclic amines) is 2. The van der Waals surface area contributed by atoms with Crippen LogP contribution in [0.3, 0.4) is 0 Å². The van der Waals surface area contributed by atoms with Gasteiger partial charge in [-0.05, 0) is 30.7 Å². The molecule has 0 radical (unpaired) electrons. The van der Waals surface area contributed by atoms with Crippen molar-refractivity contribution in [3.63, 3.8) is 0 Å². The van der Waals surface area contributed by atoms with Crippen LogP contribution in [0.4, 0.5) is 9.18 Å². The number of aromatic nitrogens is 2. The molecule has 1 aromatic heterocycles. The van der Waals surface area contributed by atoms with E-state index < -0.39 is 0 Å². The van der Waals surface area contributed by atoms with Gasteiger partial charge in [0.25, 0.3) is 5.91 Å². The third-order valence-corrected chi connectivity index (χ3v) is 6.01. The molecule has 29 heavy (non-hydrogen) atoms. The van der Waals surface area contributed by atoms with Crippen LogP contribution in [0.25, 0.3) is 0 Å². The van der Waals surface area contributed by atoms with Crippen molar-refractivity contribution >= 4 is 11.9 Å². The third kappa shape index (κ3) is 3.36. The number of rotatable bonds is 3. The average Bonchev–Trinajstić information content (AvgIpc) is 3.40. The van der Waals surface area contributed by atoms with Crippen molar-refractivity contribution in [2.45, 2.75) is 19.5 Å². The molecule has 1 aromatic carbocycles. The Morgan fingerprint density at radius 2 is 2.00 bits per heavy atom. The summed E-state index contributed by atoms with van der Waals surface area (Å²) in [6.45, 7) is 4.26. The molecule has 7 nitrogen and oxygen atoms in total. The summed E-state index contributed by atoms with van der Waals surface area (Å²) >= 11 is 0. The van der Waals surface area contributed by atoms with E-state index in [9.17, 15) is 14.0 Å². The number of urea groups is 1. The van der Waals surface area contributed by atoms with E-state index in [0.717, 1.165) is 5.56 Å². The molecule has 4 rings (SSSR count). The molecule has 8 heteroatoms. The fourth-order valence-electron chi connectivity index (χ4n) is 4.71. The molecule has 2 aliphatic heterocycles. The smallest absolute Gasteiger partial charge is 0.320 e. The molecule has 3 amide bonds. The number of carbonyl (C=O) groups excluding carboxylic acids is 2. The zero-order valence-electron chi connectivity index (χ0n) is 17.0. The van der Waals surface area contributed by atoms with E-state index in [-0.39, 0.29) is 35.6 Å². The van der Waals surface area contributed by atoms with Crippen LogP contribution < -0.4 is 0 Å². The van der Waals surface area contributed by atoms with Gasteiger partial charge in [-0.2, -0.15) is 5.10 Å². The molecule has 3 heterocycles. The average molecular weight is 399 g/mol. The van der Waals surface area contributed by atoms with Crippen LogP contribution in [-0.4, -0.2) is 70.1 Å². The maximum Gasteiger partial charge on any atom is 0.320 e. The predicted octanol–water partition coefficient (Wildman–Crippen LogP) is 2.47. The number of hydrogen-bond donors (Lipinski definition) is 0. The Bertz CT molecular complexity index is 927. The van der Waals surface area contributed by atoms with Gasteiger partial charge in [-0.15, -0.1) is 0 Å². The monoisotopic (exact) mass is 399 g/mol. The van der Waals surface area contributed by atoms with Crippen molar-refractivity contribution in [2.75, 3.05) is 33.7 Å². The van der Waals surface area contributed by atoms with Gasteiger partial charge in [0.2, 0.25) is 0 Å². The van der Waals surface area contributed by atoms with E-state index in [2.05, 4.69) is 5.10 Å². The standard InChI is InChI=1S/C21H26FN5O2/c1-4-27-18(8-9-23-27)20(28)25-11-15-12-26(21(29)24(2)3)19(17(15)13-25)14-6-5-7-16(22)10-14/h5-10,15,17,19H,4,11-13H2,1-3H3/t15-,17-,19-/m1/s1. The molecule has 2 fully saturated rings. The van der Waals surface area contributed by atoms with Crippen molar-refractivity contribution in [2.24, 2.45) is 11.8 Å². The number of carbonyl (C=O) groups is 2. The van der Waals surface area contributed by atoms with Gasteiger partial charge in [0.15, 0.2) is 0 Å². The van der Waals surface area contributed by atoms with Crippen LogP contribution in [0.2, 0.25) is 0 Å². The Labute approximate surface area is 169 Å². The van der Waals surface area contributed by atoms with Gasteiger partial charge in [-0.3, -0.25) is 9.48 Å². The molecule has 0 spiro atoms. The summed E-state index contributed by atoms with van der Waals surface area (Å²) in [6.07, 6.45) is 1.64. The molecule has 0 aliphatic carbocycles. The van der Waals surface area contributed by atoms with Crippen molar-refractivity contribution in [1.29, 1.82) is 0 Å². The largest absolute Gasteiger partial charge is 0.337 e. The normalized spacial score (nSPS) is 23.4. The first-order valence-electron chi connectivity index (χ1n) is 9.95. The van der Waals surface area contributed by atoms with E-state index >= 15 is 0 Å². The Hall–Kier alpha value is -2.90. The Balaban J connectivity index is 1.62. The number of halogens is 1. The second-order valence-electron chi connectivity index (χ2n) is 8.00. The van der Waals surface area contributed by atoms with Gasteiger partial charge in [-0.25, -0.2) is 9.18 Å². The van der Waals surface area contributed by atoms with Crippen molar-refractivity contribution < 1.29 is 14.0 Å². The molecular weight excluding hydrogens is 373 g/mol. The van der Waals surface area contributed by atoms with Crippen LogP contribution in [0, 0.1) is 17.7 Å². The number of aryl methyl sites for hydroxylation is 1. The highest BCUT2D eigenvalue weighted by Crippen LogP contribution is 2.45. The minimum absolute atomic E-state index is 0.0396. The molecule has 2 aromatic rings. The van der Waals surface area contributed by atoms with Crippen LogP contribution in [0.1, 0.15) is 29.0 Å². The number of amides is 3. The lowest BCUT2D eigenvalue weighted by Crippen LogP contribution is -2.42. The zero-order chi connectivity index (χ0) is 20.7. The summed E-state index contributed by atoms with van der Waals surface area (Å²) in [7, 11) is 3.45. The number of hydrogen-bond acceptors (Lipinski definition) is 3. The van der Waals surface area contributed by atoms with Crippen molar-refractivity contribution in [3.05, 3.63) is 53.6 Å². The number of benzene rings is 1. The van der Waals surface area contributed by atoms with E-state index in [1.165, 1.54) is 12.1 Å². The number of nitrogens with zero attached hydrogens (tertiary/aromatic N) is 5. The minimum Gasteiger partial charge on any atom is -0.337 e. The molecule has 2 aliphatic rings. The number of fused-ring (bicyclic) bond motifs is 1. The lowest BCUT2D eigenvalue weighted by atomic mass is 9.89. The summed E-state index contributed by atoms with van der Waals surface area (Å²) in [5.74, 6) is -0.125. The minimum atomic E-state index is -0.319. The van der Waals surface area contributed by atoms with Crippen LogP contribution in [0.15, 0.2) is 36.5 Å². The van der Waals surface area contributed by atoms with Crippen LogP contribution >= 0.6 is 0 Å². The van der Waals surface area contributed by atoms with Crippen LogP contribution in [0.5, 0.6) is 0 Å². The molecular formula is C21H26FN5O2. The second-order valence-corrected chi connectivity index (χ2v) is 8.00. The van der Waals surface area contributed by atoms with Gasteiger partial charge in [-0.1, -0.05) is 12.1 Å². The lowest BCUT2D eigenvalue weighted by Gasteiger charge is -2.32. The molecule has 154 valence electrons. The maximum atomic E-state index is 13.9. The molecule has 2 saturated heterocycles. The fourth-order valence-corrected chi connectivity index (χ4v) is 4.71. The highest BCUT2D eigenvalue weighted by molar-refractivity contribution is 5.92. The van der Waals surface area contributed by atoms with Gasteiger partial charge in [0, 0.05) is 58.3 Å². The van der Waals surface area contributed by atoms with E-state index in [4.69, 9.17) is 0 Å². The predicted molar refractivity (Wildman–Crippen MR) is 106 cm³/mol. The molecule has 0 bridgehead atoms. The summed E-state index contributed by atoms with van der Waals surface area (Å²) in [5.41, 5.74) is 1.36. The van der Waals surface area contributed by atoms with E-state index in [0.29, 0.717) is 31.9 Å².